The molecule has 1 heterocycles. The molecule has 0 aromatic carbocycles. The Bertz CT molecular complexity index is 541. The van der Waals surface area contributed by atoms with Gasteiger partial charge in [0.25, 0.3) is 0 Å². The van der Waals surface area contributed by atoms with Gasteiger partial charge in [0.15, 0.2) is 10.9 Å². The van der Waals surface area contributed by atoms with Crippen molar-refractivity contribution in [3.05, 3.63) is 15.8 Å². The van der Waals surface area contributed by atoms with Gasteiger partial charge in [-0.05, 0) is 60.4 Å². The van der Waals surface area contributed by atoms with Crippen molar-refractivity contribution in [2.75, 3.05) is 0 Å². The zero-order chi connectivity index (χ0) is 13.3. The predicted molar refractivity (Wildman–Crippen MR) is 62.3 cm³/mol. The standard InChI is InChI=1S/C12H15N3O4/c16-12-4-7-1-8(5-12)3-11(2-7,6-12)9-10(15(17)18)14-19-13-9/h7-8,16H,1-6H2. The van der Waals surface area contributed by atoms with E-state index in [2.05, 4.69) is 14.9 Å². The summed E-state index contributed by atoms with van der Waals surface area (Å²) in [7, 11) is 0. The van der Waals surface area contributed by atoms with Gasteiger partial charge in [-0.25, -0.2) is 0 Å². The first-order valence-corrected chi connectivity index (χ1v) is 6.70. The van der Waals surface area contributed by atoms with Crippen molar-refractivity contribution in [2.45, 2.75) is 49.5 Å². The normalized spacial score (nSPS) is 43.6. The second kappa shape index (κ2) is 3.33. The Labute approximate surface area is 109 Å². The molecule has 4 saturated carbocycles. The minimum Gasteiger partial charge on any atom is -0.390 e. The molecule has 0 amide bonds. The molecule has 0 spiro atoms. The Hall–Kier alpha value is -1.50. The molecule has 1 aromatic heterocycles. The third-order valence-electron chi connectivity index (χ3n) is 5.18. The van der Waals surface area contributed by atoms with Crippen LogP contribution in [0.25, 0.3) is 0 Å². The molecule has 2 atom stereocenters. The Morgan fingerprint density at radius 1 is 1.26 bits per heavy atom. The van der Waals surface area contributed by atoms with Gasteiger partial charge >= 0.3 is 5.82 Å². The van der Waals surface area contributed by atoms with Crippen LogP contribution < -0.4 is 0 Å². The first-order valence-electron chi connectivity index (χ1n) is 6.70. The molecule has 0 radical (unpaired) electrons. The Morgan fingerprint density at radius 3 is 2.53 bits per heavy atom. The molecule has 4 aliphatic carbocycles. The summed E-state index contributed by atoms with van der Waals surface area (Å²) in [5.74, 6) is 0.621. The fraction of sp³-hybridized carbons (Fsp3) is 0.833. The van der Waals surface area contributed by atoms with Crippen LogP contribution in [0.1, 0.15) is 44.2 Å². The molecule has 7 nitrogen and oxygen atoms in total. The van der Waals surface area contributed by atoms with Gasteiger partial charge in [0.1, 0.15) is 0 Å². The summed E-state index contributed by atoms with van der Waals surface area (Å²) in [4.78, 5) is 10.5. The third-order valence-corrected chi connectivity index (χ3v) is 5.18. The molecule has 7 heteroatoms. The molecular formula is C12H15N3O4. The first-order chi connectivity index (χ1) is 9.00. The van der Waals surface area contributed by atoms with Gasteiger partial charge in [0.2, 0.25) is 0 Å². The van der Waals surface area contributed by atoms with Crippen LogP contribution in [0, 0.1) is 22.0 Å². The van der Waals surface area contributed by atoms with E-state index in [1.165, 1.54) is 0 Å². The van der Waals surface area contributed by atoms with Crippen molar-refractivity contribution in [2.24, 2.45) is 11.8 Å². The molecule has 0 saturated heterocycles. The lowest BCUT2D eigenvalue weighted by atomic mass is 9.47. The smallest absolute Gasteiger partial charge is 0.390 e. The van der Waals surface area contributed by atoms with Crippen molar-refractivity contribution >= 4 is 5.82 Å². The van der Waals surface area contributed by atoms with Crippen LogP contribution in [0.3, 0.4) is 0 Å². The molecule has 4 bridgehead atoms. The summed E-state index contributed by atoms with van der Waals surface area (Å²) in [6.07, 6.45) is 5.06. The van der Waals surface area contributed by atoms with Gasteiger partial charge in [-0.15, -0.1) is 4.63 Å². The topological polar surface area (TPSA) is 102 Å². The predicted octanol–water partition coefficient (Wildman–Crippen LogP) is 1.56. The molecule has 0 aliphatic heterocycles. The highest BCUT2D eigenvalue weighted by atomic mass is 16.6. The largest absolute Gasteiger partial charge is 0.438 e. The number of aliphatic hydroxyl groups is 1. The lowest BCUT2D eigenvalue weighted by Gasteiger charge is -2.59. The average Bonchev–Trinajstić information content (AvgIpc) is 2.74. The maximum Gasteiger partial charge on any atom is 0.438 e. The molecule has 4 fully saturated rings. The number of hydrogen-bond acceptors (Lipinski definition) is 6. The summed E-state index contributed by atoms with van der Waals surface area (Å²) in [6, 6.07) is 0. The highest BCUT2D eigenvalue weighted by Gasteiger charge is 2.60. The lowest BCUT2D eigenvalue weighted by molar-refractivity contribution is -0.392. The minimum absolute atomic E-state index is 0.273. The summed E-state index contributed by atoms with van der Waals surface area (Å²) < 4.78 is 4.61. The molecule has 1 N–H and O–H groups in total. The lowest BCUT2D eigenvalue weighted by Crippen LogP contribution is -2.57. The summed E-state index contributed by atoms with van der Waals surface area (Å²) >= 11 is 0. The molecule has 102 valence electrons. The Balaban J connectivity index is 1.81. The Kier molecular flexibility index (Phi) is 1.99. The minimum atomic E-state index is -0.670. The zero-order valence-corrected chi connectivity index (χ0v) is 10.4. The fourth-order valence-electron chi connectivity index (χ4n) is 5.13. The van der Waals surface area contributed by atoms with E-state index in [4.69, 9.17) is 0 Å². The van der Waals surface area contributed by atoms with E-state index in [9.17, 15) is 15.2 Å². The summed E-state index contributed by atoms with van der Waals surface area (Å²) in [5, 5.41) is 28.9. The monoisotopic (exact) mass is 265 g/mol. The quantitative estimate of drug-likeness (QED) is 0.643. The van der Waals surface area contributed by atoms with Crippen LogP contribution in [0.15, 0.2) is 4.63 Å². The van der Waals surface area contributed by atoms with Gasteiger partial charge in [0.05, 0.1) is 5.60 Å². The van der Waals surface area contributed by atoms with Crippen molar-refractivity contribution < 1.29 is 14.7 Å². The highest BCUT2D eigenvalue weighted by molar-refractivity contribution is 5.35. The SMILES string of the molecule is O=[N+]([O-])c1nonc1C12CC3CC(CC(O)(C3)C1)C2. The van der Waals surface area contributed by atoms with Crippen LogP contribution in [0.4, 0.5) is 5.82 Å². The molecular weight excluding hydrogens is 250 g/mol. The third kappa shape index (κ3) is 1.47. The summed E-state index contributed by atoms with van der Waals surface area (Å²) in [6.45, 7) is 0. The van der Waals surface area contributed by atoms with E-state index >= 15 is 0 Å². The number of hydrogen-bond donors (Lipinski definition) is 1. The molecule has 5 rings (SSSR count). The molecule has 1 aromatic rings. The number of nitro groups is 1. The van der Waals surface area contributed by atoms with E-state index in [0.29, 0.717) is 24.0 Å². The average molecular weight is 265 g/mol. The number of aromatic nitrogens is 2. The van der Waals surface area contributed by atoms with E-state index in [-0.39, 0.29) is 5.82 Å². The second-order valence-electron chi connectivity index (χ2n) is 6.66. The Morgan fingerprint density at radius 2 is 1.95 bits per heavy atom. The van der Waals surface area contributed by atoms with Crippen LogP contribution in [0.5, 0.6) is 0 Å². The molecule has 2 unspecified atom stereocenters. The van der Waals surface area contributed by atoms with Gasteiger partial charge < -0.3 is 15.2 Å². The maximum absolute atomic E-state index is 11.0. The fourth-order valence-corrected chi connectivity index (χ4v) is 5.13. The van der Waals surface area contributed by atoms with Gasteiger partial charge in [-0.1, -0.05) is 0 Å². The van der Waals surface area contributed by atoms with E-state index < -0.39 is 15.9 Å². The van der Waals surface area contributed by atoms with Gasteiger partial charge in [-0.3, -0.25) is 0 Å². The van der Waals surface area contributed by atoms with E-state index in [0.717, 1.165) is 32.1 Å². The van der Waals surface area contributed by atoms with Crippen molar-refractivity contribution in [1.82, 2.24) is 10.3 Å². The molecule has 19 heavy (non-hydrogen) atoms. The maximum atomic E-state index is 11.0. The van der Waals surface area contributed by atoms with E-state index in [1.54, 1.807) is 0 Å². The highest BCUT2D eigenvalue weighted by Crippen LogP contribution is 2.62. The van der Waals surface area contributed by atoms with Gasteiger partial charge in [0, 0.05) is 5.41 Å². The number of rotatable bonds is 2. The summed E-state index contributed by atoms with van der Waals surface area (Å²) in [5.41, 5.74) is -0.719. The first kappa shape index (κ1) is 11.3. The second-order valence-corrected chi connectivity index (χ2v) is 6.66. The zero-order valence-electron chi connectivity index (χ0n) is 10.4. The van der Waals surface area contributed by atoms with Crippen LogP contribution in [-0.4, -0.2) is 25.9 Å². The molecule has 4 aliphatic rings. The van der Waals surface area contributed by atoms with Crippen LogP contribution in [0.2, 0.25) is 0 Å². The van der Waals surface area contributed by atoms with Crippen LogP contribution >= 0.6 is 0 Å². The number of nitrogens with zero attached hydrogens (tertiary/aromatic N) is 3. The van der Waals surface area contributed by atoms with Crippen molar-refractivity contribution in [3.8, 4) is 0 Å². The van der Waals surface area contributed by atoms with E-state index in [1.807, 2.05) is 0 Å². The van der Waals surface area contributed by atoms with Crippen molar-refractivity contribution in [1.29, 1.82) is 0 Å². The van der Waals surface area contributed by atoms with Crippen LogP contribution in [-0.2, 0) is 5.41 Å². The van der Waals surface area contributed by atoms with Crippen molar-refractivity contribution in [3.63, 3.8) is 0 Å². The van der Waals surface area contributed by atoms with Gasteiger partial charge in [-0.2, -0.15) is 0 Å².